The Morgan fingerprint density at radius 3 is 2.60 bits per heavy atom. The SMILES string of the molecule is [2H]C1([2H])OC([2H])([2H])C1([2H])Oc1cc(B2OC(C)(C)C(C)(C)O2)ccn1. The van der Waals surface area contributed by atoms with Gasteiger partial charge in [0.1, 0.15) is 6.08 Å². The Morgan fingerprint density at radius 1 is 1.35 bits per heavy atom. The Hall–Kier alpha value is -1.11. The van der Waals surface area contributed by atoms with E-state index in [4.69, 9.17) is 20.9 Å². The Balaban J connectivity index is 1.84. The third kappa shape index (κ3) is 2.43. The van der Waals surface area contributed by atoms with Crippen molar-refractivity contribution >= 4 is 12.6 Å². The summed E-state index contributed by atoms with van der Waals surface area (Å²) >= 11 is 0. The van der Waals surface area contributed by atoms with Crippen LogP contribution in [-0.4, -0.2) is 42.5 Å². The molecule has 2 aliphatic rings. The zero-order valence-corrected chi connectivity index (χ0v) is 11.9. The van der Waals surface area contributed by atoms with Crippen molar-refractivity contribution in [2.45, 2.75) is 45.0 Å². The van der Waals surface area contributed by atoms with Crippen molar-refractivity contribution in [3.05, 3.63) is 18.3 Å². The summed E-state index contributed by atoms with van der Waals surface area (Å²) in [5, 5.41) is 0. The largest absolute Gasteiger partial charge is 0.495 e. The van der Waals surface area contributed by atoms with E-state index < -0.39 is 37.5 Å². The summed E-state index contributed by atoms with van der Waals surface area (Å²) in [6.45, 7) is 2.47. The third-order valence-electron chi connectivity index (χ3n) is 3.78. The lowest BCUT2D eigenvalue weighted by atomic mass is 9.80. The molecule has 0 saturated carbocycles. The average Bonchev–Trinajstić information content (AvgIpc) is 2.66. The number of rotatable bonds is 3. The minimum absolute atomic E-state index is 0.113. The van der Waals surface area contributed by atoms with E-state index in [1.807, 2.05) is 27.7 Å². The average molecular weight is 282 g/mol. The van der Waals surface area contributed by atoms with Gasteiger partial charge >= 0.3 is 7.12 Å². The van der Waals surface area contributed by atoms with Crippen LogP contribution in [0.5, 0.6) is 5.88 Å². The number of ether oxygens (including phenoxy) is 2. The van der Waals surface area contributed by atoms with Crippen LogP contribution in [0.25, 0.3) is 0 Å². The minimum Gasteiger partial charge on any atom is -0.469 e. The standard InChI is InChI=1S/C14H20BNO4/c1-13(2)14(3,4)20-15(19-13)10-5-6-16-12(7-10)18-11-8-17-9-11/h5-7,11H,8-9H2,1-4H3/i8D2,9D2,11D. The van der Waals surface area contributed by atoms with Crippen LogP contribution in [0.1, 0.15) is 34.5 Å². The highest BCUT2D eigenvalue weighted by Crippen LogP contribution is 2.36. The van der Waals surface area contributed by atoms with Gasteiger partial charge in [0.15, 0.2) is 0 Å². The lowest BCUT2D eigenvalue weighted by Crippen LogP contribution is -2.41. The van der Waals surface area contributed by atoms with Crippen molar-refractivity contribution < 1.29 is 25.6 Å². The molecule has 3 rings (SSSR count). The Bertz CT molecular complexity index is 670. The maximum absolute atomic E-state index is 8.01. The number of nitrogens with zero attached hydrogens (tertiary/aromatic N) is 1. The molecule has 108 valence electrons. The van der Waals surface area contributed by atoms with Crippen molar-refractivity contribution in [1.82, 2.24) is 4.98 Å². The molecule has 0 spiro atoms. The van der Waals surface area contributed by atoms with Gasteiger partial charge in [0.2, 0.25) is 5.88 Å². The summed E-state index contributed by atoms with van der Waals surface area (Å²) in [5.74, 6) is -0.113. The van der Waals surface area contributed by atoms with E-state index in [1.165, 1.54) is 12.3 Å². The molecule has 20 heavy (non-hydrogen) atoms. The van der Waals surface area contributed by atoms with E-state index in [0.717, 1.165) is 0 Å². The Kier molecular flexibility index (Phi) is 2.13. The van der Waals surface area contributed by atoms with E-state index in [9.17, 15) is 0 Å². The van der Waals surface area contributed by atoms with Gasteiger partial charge in [-0.1, -0.05) is 0 Å². The van der Waals surface area contributed by atoms with Crippen molar-refractivity contribution in [2.75, 3.05) is 13.1 Å². The van der Waals surface area contributed by atoms with Gasteiger partial charge in [0.25, 0.3) is 0 Å². The molecule has 1 aromatic heterocycles. The highest BCUT2D eigenvalue weighted by Gasteiger charge is 2.51. The quantitative estimate of drug-likeness (QED) is 0.779. The first-order valence-electron chi connectivity index (χ1n) is 8.92. The van der Waals surface area contributed by atoms with Crippen molar-refractivity contribution in [3.8, 4) is 5.88 Å². The monoisotopic (exact) mass is 282 g/mol. The second-order valence-electron chi connectivity index (χ2n) is 5.75. The van der Waals surface area contributed by atoms with Gasteiger partial charge in [-0.3, -0.25) is 0 Å². The lowest BCUT2D eigenvalue weighted by molar-refractivity contribution is -0.0813. The predicted molar refractivity (Wildman–Crippen MR) is 75.2 cm³/mol. The number of hydrogen-bond donors (Lipinski definition) is 0. The van der Waals surface area contributed by atoms with Gasteiger partial charge in [-0.15, -0.1) is 0 Å². The molecule has 1 aromatic rings. The number of hydrogen-bond acceptors (Lipinski definition) is 5. The molecule has 0 unspecified atom stereocenters. The van der Waals surface area contributed by atoms with Crippen LogP contribution in [0.2, 0.25) is 0 Å². The van der Waals surface area contributed by atoms with Gasteiger partial charge in [0.05, 0.1) is 31.2 Å². The van der Waals surface area contributed by atoms with E-state index in [1.54, 1.807) is 6.07 Å². The molecule has 2 fully saturated rings. The molecule has 0 radical (unpaired) electrons. The van der Waals surface area contributed by atoms with Gasteiger partial charge in [0, 0.05) is 12.3 Å². The summed E-state index contributed by atoms with van der Waals surface area (Å²) in [5.41, 5.74) is -0.487. The first-order chi connectivity index (χ1) is 11.2. The maximum atomic E-state index is 8.01. The normalized spacial score (nSPS) is 34.8. The molecule has 0 amide bonds. The molecule has 5 nitrogen and oxygen atoms in total. The molecule has 0 bridgehead atoms. The van der Waals surface area contributed by atoms with Gasteiger partial charge in [-0.05, 0) is 39.2 Å². The molecular weight excluding hydrogens is 257 g/mol. The highest BCUT2D eigenvalue weighted by atomic mass is 16.7. The predicted octanol–water partition coefficient (Wildman–Crippen LogP) is 1.16. The van der Waals surface area contributed by atoms with Gasteiger partial charge in [-0.25, -0.2) is 4.98 Å². The molecule has 6 heteroatoms. The fourth-order valence-corrected chi connectivity index (χ4v) is 1.85. The van der Waals surface area contributed by atoms with E-state index >= 15 is 0 Å². The van der Waals surface area contributed by atoms with Crippen LogP contribution >= 0.6 is 0 Å². The van der Waals surface area contributed by atoms with Crippen molar-refractivity contribution in [2.24, 2.45) is 0 Å². The molecule has 0 atom stereocenters. The molecule has 2 aliphatic heterocycles. The summed E-state index contributed by atoms with van der Waals surface area (Å²) in [6.07, 6.45) is -1.16. The fraction of sp³-hybridized carbons (Fsp3) is 0.643. The second kappa shape index (κ2) is 4.72. The van der Waals surface area contributed by atoms with E-state index in [-0.39, 0.29) is 5.88 Å². The van der Waals surface area contributed by atoms with Crippen molar-refractivity contribution in [1.29, 1.82) is 0 Å². The molecule has 2 saturated heterocycles. The fourth-order valence-electron chi connectivity index (χ4n) is 1.85. The van der Waals surface area contributed by atoms with Crippen LogP contribution in [0, 0.1) is 0 Å². The van der Waals surface area contributed by atoms with Crippen LogP contribution in [0.15, 0.2) is 18.3 Å². The van der Waals surface area contributed by atoms with Crippen LogP contribution in [0.4, 0.5) is 0 Å². The van der Waals surface area contributed by atoms with Gasteiger partial charge in [-0.2, -0.15) is 0 Å². The maximum Gasteiger partial charge on any atom is 0.495 e. The van der Waals surface area contributed by atoms with Crippen LogP contribution in [0.3, 0.4) is 0 Å². The van der Waals surface area contributed by atoms with Crippen LogP contribution < -0.4 is 10.2 Å². The summed E-state index contributed by atoms with van der Waals surface area (Å²) in [7, 11) is -0.678. The van der Waals surface area contributed by atoms with E-state index in [2.05, 4.69) is 9.72 Å². The topological polar surface area (TPSA) is 49.8 Å². The second-order valence-corrected chi connectivity index (χ2v) is 5.75. The summed E-state index contributed by atoms with van der Waals surface area (Å²) in [4.78, 5) is 3.94. The lowest BCUT2D eigenvalue weighted by Gasteiger charge is -2.32. The molecule has 0 N–H and O–H groups in total. The molecule has 3 heterocycles. The molecule has 0 aliphatic carbocycles. The third-order valence-corrected chi connectivity index (χ3v) is 3.78. The zero-order chi connectivity index (χ0) is 18.9. The summed E-state index contributed by atoms with van der Waals surface area (Å²) < 4.78 is 59.8. The Labute approximate surface area is 126 Å². The molecule has 0 aromatic carbocycles. The number of aromatic nitrogens is 1. The van der Waals surface area contributed by atoms with Crippen LogP contribution in [-0.2, 0) is 14.0 Å². The summed E-state index contributed by atoms with van der Waals surface area (Å²) in [6, 6.07) is 3.11. The smallest absolute Gasteiger partial charge is 0.469 e. The minimum atomic E-state index is -2.60. The molecular formula is C14H20BNO4. The van der Waals surface area contributed by atoms with E-state index in [0.29, 0.717) is 5.46 Å². The van der Waals surface area contributed by atoms with Crippen molar-refractivity contribution in [3.63, 3.8) is 0 Å². The Morgan fingerprint density at radius 2 is 2.00 bits per heavy atom. The zero-order valence-electron chi connectivity index (χ0n) is 16.9. The number of pyridine rings is 1. The van der Waals surface area contributed by atoms with Gasteiger partial charge < -0.3 is 18.8 Å². The first-order valence-corrected chi connectivity index (χ1v) is 6.42. The first kappa shape index (κ1) is 9.02. The highest BCUT2D eigenvalue weighted by molar-refractivity contribution is 6.62.